The summed E-state index contributed by atoms with van der Waals surface area (Å²) in [6.07, 6.45) is 3.02. The van der Waals surface area contributed by atoms with Crippen LogP contribution >= 0.6 is 0 Å². The van der Waals surface area contributed by atoms with Crippen molar-refractivity contribution in [1.82, 2.24) is 14.9 Å². The van der Waals surface area contributed by atoms with Crippen LogP contribution in [0.3, 0.4) is 0 Å². The maximum absolute atomic E-state index is 12.2. The second-order valence-corrected chi connectivity index (χ2v) is 5.44. The van der Waals surface area contributed by atoms with E-state index >= 15 is 0 Å². The van der Waals surface area contributed by atoms with Gasteiger partial charge in [-0.2, -0.15) is 0 Å². The third-order valence-corrected chi connectivity index (χ3v) is 3.18. The Labute approximate surface area is 142 Å². The smallest absolute Gasteiger partial charge is 0.258 e. The van der Waals surface area contributed by atoms with E-state index in [9.17, 15) is 4.79 Å². The molecule has 0 fully saturated rings. The van der Waals surface area contributed by atoms with Gasteiger partial charge in [0.25, 0.3) is 5.91 Å². The molecular formula is C17H23N5O2. The molecular weight excluding hydrogens is 306 g/mol. The summed E-state index contributed by atoms with van der Waals surface area (Å²) in [5.41, 5.74) is 1.10. The fraction of sp³-hybridized carbons (Fsp3) is 0.353. The molecule has 0 aliphatic rings. The summed E-state index contributed by atoms with van der Waals surface area (Å²) in [6.45, 7) is 4.15. The van der Waals surface area contributed by atoms with E-state index in [0.717, 1.165) is 18.8 Å². The number of aromatic nitrogens is 2. The highest BCUT2D eigenvalue weighted by Crippen LogP contribution is 2.16. The van der Waals surface area contributed by atoms with E-state index < -0.39 is 0 Å². The van der Waals surface area contributed by atoms with Crippen molar-refractivity contribution in [2.45, 2.75) is 6.92 Å². The van der Waals surface area contributed by atoms with E-state index in [2.05, 4.69) is 25.5 Å². The van der Waals surface area contributed by atoms with Gasteiger partial charge in [-0.3, -0.25) is 4.79 Å². The van der Waals surface area contributed by atoms with E-state index in [1.807, 2.05) is 33.2 Å². The number of carbonyl (C=O) groups is 1. The summed E-state index contributed by atoms with van der Waals surface area (Å²) >= 11 is 0. The highest BCUT2D eigenvalue weighted by Gasteiger charge is 2.08. The van der Waals surface area contributed by atoms with Crippen LogP contribution in [0.4, 0.5) is 11.6 Å². The first kappa shape index (κ1) is 17.7. The Morgan fingerprint density at radius 1 is 1.17 bits per heavy atom. The van der Waals surface area contributed by atoms with Crippen LogP contribution in [0.15, 0.2) is 36.7 Å². The van der Waals surface area contributed by atoms with Crippen molar-refractivity contribution in [3.05, 3.63) is 42.2 Å². The Hall–Kier alpha value is -2.67. The number of hydrogen-bond acceptors (Lipinski definition) is 6. The van der Waals surface area contributed by atoms with E-state index in [1.54, 1.807) is 12.1 Å². The first-order valence-electron chi connectivity index (χ1n) is 7.83. The van der Waals surface area contributed by atoms with Crippen LogP contribution in [0.2, 0.25) is 0 Å². The Morgan fingerprint density at radius 2 is 1.83 bits per heavy atom. The standard InChI is InChI=1S/C17H23N5O2/c1-4-24-15-7-5-14(6-8-15)21-16(23)13-11-19-17(20-12-13)18-9-10-22(2)3/h5-8,11-12H,4,9-10H2,1-3H3,(H,21,23)(H,18,19,20). The Kier molecular flexibility index (Phi) is 6.51. The van der Waals surface area contributed by atoms with Crippen LogP contribution < -0.4 is 15.4 Å². The number of ether oxygens (including phenoxy) is 1. The molecule has 0 aliphatic carbocycles. The van der Waals surface area contributed by atoms with E-state index in [0.29, 0.717) is 23.8 Å². The van der Waals surface area contributed by atoms with Gasteiger partial charge < -0.3 is 20.3 Å². The molecule has 24 heavy (non-hydrogen) atoms. The van der Waals surface area contributed by atoms with Crippen LogP contribution in [0.5, 0.6) is 5.75 Å². The van der Waals surface area contributed by atoms with E-state index in [1.165, 1.54) is 12.4 Å². The predicted octanol–water partition coefficient (Wildman–Crippen LogP) is 2.10. The van der Waals surface area contributed by atoms with Gasteiger partial charge in [0.2, 0.25) is 5.95 Å². The second-order valence-electron chi connectivity index (χ2n) is 5.44. The van der Waals surface area contributed by atoms with Crippen molar-refractivity contribution in [1.29, 1.82) is 0 Å². The first-order valence-corrected chi connectivity index (χ1v) is 7.83. The summed E-state index contributed by atoms with van der Waals surface area (Å²) in [5, 5.41) is 5.90. The van der Waals surface area contributed by atoms with Crippen molar-refractivity contribution < 1.29 is 9.53 Å². The Bertz CT molecular complexity index is 641. The fourth-order valence-electron chi connectivity index (χ4n) is 1.93. The molecule has 1 amide bonds. The molecule has 0 unspecified atom stereocenters. The SMILES string of the molecule is CCOc1ccc(NC(=O)c2cnc(NCCN(C)C)nc2)cc1. The van der Waals surface area contributed by atoms with Gasteiger partial charge in [-0.15, -0.1) is 0 Å². The molecule has 7 nitrogen and oxygen atoms in total. The third kappa shape index (κ3) is 5.51. The summed E-state index contributed by atoms with van der Waals surface area (Å²) in [5.74, 6) is 1.03. The quantitative estimate of drug-likeness (QED) is 0.772. The van der Waals surface area contributed by atoms with Crippen molar-refractivity contribution in [2.24, 2.45) is 0 Å². The number of amides is 1. The molecule has 2 N–H and O–H groups in total. The molecule has 7 heteroatoms. The molecule has 0 saturated heterocycles. The average molecular weight is 329 g/mol. The van der Waals surface area contributed by atoms with Crippen molar-refractivity contribution in [3.8, 4) is 5.75 Å². The highest BCUT2D eigenvalue weighted by atomic mass is 16.5. The van der Waals surface area contributed by atoms with Gasteiger partial charge in [0.15, 0.2) is 0 Å². The molecule has 2 rings (SSSR count). The maximum Gasteiger partial charge on any atom is 0.258 e. The van der Waals surface area contributed by atoms with Crippen molar-refractivity contribution in [2.75, 3.05) is 44.4 Å². The van der Waals surface area contributed by atoms with Crippen LogP contribution in [0.1, 0.15) is 17.3 Å². The van der Waals surface area contributed by atoms with Crippen LogP contribution in [-0.2, 0) is 0 Å². The predicted molar refractivity (Wildman–Crippen MR) is 94.6 cm³/mol. The Balaban J connectivity index is 1.89. The lowest BCUT2D eigenvalue weighted by Gasteiger charge is -2.10. The fourth-order valence-corrected chi connectivity index (χ4v) is 1.93. The molecule has 0 saturated carbocycles. The van der Waals surface area contributed by atoms with Gasteiger partial charge in [0, 0.05) is 31.2 Å². The minimum absolute atomic E-state index is 0.251. The minimum atomic E-state index is -0.251. The summed E-state index contributed by atoms with van der Waals surface area (Å²) in [6, 6.07) is 7.21. The summed E-state index contributed by atoms with van der Waals surface area (Å²) in [4.78, 5) is 22.6. The highest BCUT2D eigenvalue weighted by molar-refractivity contribution is 6.03. The molecule has 1 heterocycles. The summed E-state index contributed by atoms with van der Waals surface area (Å²) in [7, 11) is 3.99. The normalized spacial score (nSPS) is 10.5. The molecule has 0 aliphatic heterocycles. The van der Waals surface area contributed by atoms with E-state index in [4.69, 9.17) is 4.74 Å². The molecule has 1 aromatic heterocycles. The maximum atomic E-state index is 12.2. The lowest BCUT2D eigenvalue weighted by molar-refractivity contribution is 0.102. The number of benzene rings is 1. The van der Waals surface area contributed by atoms with Crippen molar-refractivity contribution >= 4 is 17.5 Å². The largest absolute Gasteiger partial charge is 0.494 e. The number of rotatable bonds is 8. The first-order chi connectivity index (χ1) is 11.6. The molecule has 0 atom stereocenters. The molecule has 2 aromatic rings. The van der Waals surface area contributed by atoms with Gasteiger partial charge >= 0.3 is 0 Å². The van der Waals surface area contributed by atoms with Crippen LogP contribution in [-0.4, -0.2) is 54.6 Å². The lowest BCUT2D eigenvalue weighted by atomic mass is 10.2. The Morgan fingerprint density at radius 3 is 2.42 bits per heavy atom. The zero-order chi connectivity index (χ0) is 17.4. The van der Waals surface area contributed by atoms with Gasteiger partial charge in [-0.25, -0.2) is 9.97 Å². The van der Waals surface area contributed by atoms with Gasteiger partial charge in [-0.05, 0) is 45.3 Å². The lowest BCUT2D eigenvalue weighted by Crippen LogP contribution is -2.21. The number of nitrogens with zero attached hydrogens (tertiary/aromatic N) is 3. The number of likely N-dealkylation sites (N-methyl/N-ethyl adjacent to an activating group) is 1. The molecule has 0 radical (unpaired) electrons. The average Bonchev–Trinajstić information content (AvgIpc) is 2.57. The van der Waals surface area contributed by atoms with E-state index in [-0.39, 0.29) is 5.91 Å². The number of anilines is 2. The van der Waals surface area contributed by atoms with Gasteiger partial charge in [-0.1, -0.05) is 0 Å². The monoisotopic (exact) mass is 329 g/mol. The molecule has 0 bridgehead atoms. The number of nitrogens with one attached hydrogen (secondary N) is 2. The topological polar surface area (TPSA) is 79.4 Å². The zero-order valence-electron chi connectivity index (χ0n) is 14.2. The zero-order valence-corrected chi connectivity index (χ0v) is 14.2. The molecule has 1 aromatic carbocycles. The van der Waals surface area contributed by atoms with Crippen molar-refractivity contribution in [3.63, 3.8) is 0 Å². The molecule has 0 spiro atoms. The third-order valence-electron chi connectivity index (χ3n) is 3.18. The summed E-state index contributed by atoms with van der Waals surface area (Å²) < 4.78 is 5.37. The molecule has 128 valence electrons. The van der Waals surface area contributed by atoms with Crippen LogP contribution in [0, 0.1) is 0 Å². The van der Waals surface area contributed by atoms with Gasteiger partial charge in [0.1, 0.15) is 5.75 Å². The number of hydrogen-bond donors (Lipinski definition) is 2. The second kappa shape index (κ2) is 8.83. The van der Waals surface area contributed by atoms with Crippen LogP contribution in [0.25, 0.3) is 0 Å². The number of carbonyl (C=O) groups excluding carboxylic acids is 1. The van der Waals surface area contributed by atoms with Gasteiger partial charge in [0.05, 0.1) is 12.2 Å². The minimum Gasteiger partial charge on any atom is -0.494 e.